The molecule has 2 aromatic heterocycles. The van der Waals surface area contributed by atoms with Crippen molar-refractivity contribution >= 4 is 29.2 Å². The van der Waals surface area contributed by atoms with Crippen LogP contribution >= 0.6 is 23.2 Å². The van der Waals surface area contributed by atoms with Crippen LogP contribution in [0.2, 0.25) is 10.0 Å². The Morgan fingerprint density at radius 2 is 2.04 bits per heavy atom. The van der Waals surface area contributed by atoms with Gasteiger partial charge in [-0.15, -0.1) is 0 Å². The molecule has 0 aliphatic carbocycles. The molecular formula is C18H16Cl2N4O3. The van der Waals surface area contributed by atoms with Crippen LogP contribution in [0.1, 0.15) is 28.7 Å². The van der Waals surface area contributed by atoms with Gasteiger partial charge in [0.2, 0.25) is 5.88 Å². The van der Waals surface area contributed by atoms with E-state index >= 15 is 0 Å². The van der Waals surface area contributed by atoms with Gasteiger partial charge in [-0.2, -0.15) is 0 Å². The molecule has 0 aliphatic rings. The first-order chi connectivity index (χ1) is 12.9. The van der Waals surface area contributed by atoms with Crippen molar-refractivity contribution in [3.63, 3.8) is 0 Å². The lowest BCUT2D eigenvalue weighted by molar-refractivity contribution is 0.0685. The van der Waals surface area contributed by atoms with E-state index in [9.17, 15) is 9.90 Å². The maximum atomic E-state index is 11.8. The van der Waals surface area contributed by atoms with Gasteiger partial charge in [0, 0.05) is 10.0 Å². The number of aryl methyl sites for hydroxylation is 1. The second-order valence-corrected chi connectivity index (χ2v) is 6.52. The number of imidazole rings is 1. The molecule has 0 radical (unpaired) electrons. The molecule has 0 amide bonds. The lowest BCUT2D eigenvalue weighted by Crippen LogP contribution is -2.12. The minimum atomic E-state index is -1.10. The lowest BCUT2D eigenvalue weighted by atomic mass is 10.2. The van der Waals surface area contributed by atoms with E-state index in [1.807, 2.05) is 6.92 Å². The molecule has 2 heterocycles. The second-order valence-electron chi connectivity index (χ2n) is 5.67. The average Bonchev–Trinajstić information content (AvgIpc) is 2.95. The summed E-state index contributed by atoms with van der Waals surface area (Å²) in [5.41, 5.74) is 1.47. The van der Waals surface area contributed by atoms with E-state index in [2.05, 4.69) is 15.0 Å². The number of carboxylic acids is 1. The standard InChI is InChI=1S/C18H16Cl2N4O3/c1-3-27-15-8-21-7-14(23-15)17-22-10(2)16(18(25)26)24(17)9-11-6-12(19)4-5-13(11)20/h4-8H,3,9H2,1-2H3,(H,25,26). The van der Waals surface area contributed by atoms with Crippen molar-refractivity contribution in [1.29, 1.82) is 0 Å². The number of aromatic carboxylic acids is 1. The highest BCUT2D eigenvalue weighted by Crippen LogP contribution is 2.27. The highest BCUT2D eigenvalue weighted by atomic mass is 35.5. The third kappa shape index (κ3) is 4.04. The molecule has 9 heteroatoms. The van der Waals surface area contributed by atoms with Gasteiger partial charge >= 0.3 is 5.97 Å². The second kappa shape index (κ2) is 7.94. The van der Waals surface area contributed by atoms with Gasteiger partial charge in [0.05, 0.1) is 31.2 Å². The van der Waals surface area contributed by atoms with Gasteiger partial charge in [-0.1, -0.05) is 23.2 Å². The van der Waals surface area contributed by atoms with E-state index in [0.717, 1.165) is 0 Å². The summed E-state index contributed by atoms with van der Waals surface area (Å²) in [6.45, 7) is 4.06. The molecule has 0 aliphatic heterocycles. The van der Waals surface area contributed by atoms with Crippen LogP contribution in [0.5, 0.6) is 5.88 Å². The van der Waals surface area contributed by atoms with Gasteiger partial charge in [-0.05, 0) is 37.6 Å². The van der Waals surface area contributed by atoms with Gasteiger partial charge in [-0.25, -0.2) is 14.8 Å². The molecule has 0 atom stereocenters. The third-order valence-corrected chi connectivity index (χ3v) is 4.42. The van der Waals surface area contributed by atoms with Gasteiger partial charge in [0.25, 0.3) is 0 Å². The van der Waals surface area contributed by atoms with E-state index in [0.29, 0.717) is 45.3 Å². The summed E-state index contributed by atoms with van der Waals surface area (Å²) in [7, 11) is 0. The molecule has 1 aromatic carbocycles. The number of carbonyl (C=O) groups is 1. The Kier molecular flexibility index (Phi) is 5.62. The maximum absolute atomic E-state index is 11.8. The predicted molar refractivity (Wildman–Crippen MR) is 102 cm³/mol. The van der Waals surface area contributed by atoms with Crippen LogP contribution in [-0.2, 0) is 6.54 Å². The fourth-order valence-corrected chi connectivity index (χ4v) is 3.07. The number of nitrogens with zero attached hydrogens (tertiary/aromatic N) is 4. The van der Waals surface area contributed by atoms with Gasteiger partial charge in [-0.3, -0.25) is 4.98 Å². The molecule has 0 unspecified atom stereocenters. The summed E-state index contributed by atoms with van der Waals surface area (Å²) in [4.78, 5) is 24.7. The molecule has 0 saturated carbocycles. The fraction of sp³-hybridized carbons (Fsp3) is 0.222. The van der Waals surface area contributed by atoms with Crippen molar-refractivity contribution in [2.75, 3.05) is 6.61 Å². The summed E-state index contributed by atoms with van der Waals surface area (Å²) in [6.07, 6.45) is 2.99. The summed E-state index contributed by atoms with van der Waals surface area (Å²) < 4.78 is 6.92. The number of halogens is 2. The highest BCUT2D eigenvalue weighted by Gasteiger charge is 2.23. The Morgan fingerprint density at radius 3 is 2.74 bits per heavy atom. The number of rotatable bonds is 6. The van der Waals surface area contributed by atoms with Gasteiger partial charge in [0.15, 0.2) is 11.5 Å². The van der Waals surface area contributed by atoms with Crippen molar-refractivity contribution in [2.24, 2.45) is 0 Å². The van der Waals surface area contributed by atoms with Crippen molar-refractivity contribution in [3.8, 4) is 17.4 Å². The largest absolute Gasteiger partial charge is 0.477 e. The minimum absolute atomic E-state index is 0.0460. The van der Waals surface area contributed by atoms with Gasteiger partial charge in [0.1, 0.15) is 5.69 Å². The summed E-state index contributed by atoms with van der Waals surface area (Å²) in [5.74, 6) is -0.409. The molecular weight excluding hydrogens is 391 g/mol. The minimum Gasteiger partial charge on any atom is -0.477 e. The van der Waals surface area contributed by atoms with Crippen LogP contribution in [0.4, 0.5) is 0 Å². The number of hydrogen-bond acceptors (Lipinski definition) is 5. The average molecular weight is 407 g/mol. The zero-order valence-electron chi connectivity index (χ0n) is 14.6. The zero-order valence-corrected chi connectivity index (χ0v) is 16.1. The summed E-state index contributed by atoms with van der Waals surface area (Å²) in [5, 5.41) is 10.6. The third-order valence-electron chi connectivity index (χ3n) is 3.81. The fourth-order valence-electron chi connectivity index (χ4n) is 2.70. The summed E-state index contributed by atoms with van der Waals surface area (Å²) >= 11 is 12.3. The van der Waals surface area contributed by atoms with Crippen LogP contribution in [0, 0.1) is 6.92 Å². The molecule has 0 bridgehead atoms. The van der Waals surface area contributed by atoms with Crippen LogP contribution in [0.25, 0.3) is 11.5 Å². The molecule has 7 nitrogen and oxygen atoms in total. The van der Waals surface area contributed by atoms with E-state index in [1.54, 1.807) is 25.1 Å². The van der Waals surface area contributed by atoms with Crippen molar-refractivity contribution in [3.05, 3.63) is 57.6 Å². The molecule has 0 saturated heterocycles. The summed E-state index contributed by atoms with van der Waals surface area (Å²) in [6, 6.07) is 5.03. The predicted octanol–water partition coefficient (Wildman–Crippen LogP) is 4.10. The van der Waals surface area contributed by atoms with Crippen LogP contribution < -0.4 is 4.74 Å². The number of hydrogen-bond donors (Lipinski definition) is 1. The Labute approximate surface area is 165 Å². The van der Waals surface area contributed by atoms with Crippen LogP contribution in [-0.4, -0.2) is 37.2 Å². The molecule has 0 fully saturated rings. The van der Waals surface area contributed by atoms with E-state index in [1.165, 1.54) is 17.0 Å². The Morgan fingerprint density at radius 1 is 1.26 bits per heavy atom. The number of benzene rings is 1. The molecule has 3 rings (SSSR count). The number of ether oxygens (including phenoxy) is 1. The smallest absolute Gasteiger partial charge is 0.354 e. The lowest BCUT2D eigenvalue weighted by Gasteiger charge is -2.12. The van der Waals surface area contributed by atoms with Crippen molar-refractivity contribution in [2.45, 2.75) is 20.4 Å². The monoisotopic (exact) mass is 406 g/mol. The first kappa shape index (κ1) is 19.1. The number of aromatic nitrogens is 4. The van der Waals surface area contributed by atoms with Gasteiger partial charge < -0.3 is 14.4 Å². The Bertz CT molecular complexity index is 1000. The van der Waals surface area contributed by atoms with Crippen molar-refractivity contribution in [1.82, 2.24) is 19.5 Å². The van der Waals surface area contributed by atoms with Crippen LogP contribution in [0.15, 0.2) is 30.6 Å². The quantitative estimate of drug-likeness (QED) is 0.662. The highest BCUT2D eigenvalue weighted by molar-refractivity contribution is 6.33. The first-order valence-corrected chi connectivity index (χ1v) is 8.85. The Hall–Kier alpha value is -2.64. The molecule has 0 spiro atoms. The molecule has 1 N–H and O–H groups in total. The number of carboxylic acid groups (broad SMARTS) is 1. The van der Waals surface area contributed by atoms with E-state index in [4.69, 9.17) is 27.9 Å². The maximum Gasteiger partial charge on any atom is 0.354 e. The van der Waals surface area contributed by atoms with Crippen molar-refractivity contribution < 1.29 is 14.6 Å². The van der Waals surface area contributed by atoms with E-state index in [-0.39, 0.29) is 12.2 Å². The van der Waals surface area contributed by atoms with E-state index < -0.39 is 5.97 Å². The molecule has 140 valence electrons. The topological polar surface area (TPSA) is 90.1 Å². The molecule has 27 heavy (non-hydrogen) atoms. The SMILES string of the molecule is CCOc1cncc(-c2nc(C)c(C(=O)O)n2Cc2cc(Cl)ccc2Cl)n1. The zero-order chi connectivity index (χ0) is 19.6. The first-order valence-electron chi connectivity index (χ1n) is 8.10. The normalized spacial score (nSPS) is 10.8. The molecule has 3 aromatic rings. The Balaban J connectivity index is 2.15. The van der Waals surface area contributed by atoms with Crippen LogP contribution in [0.3, 0.4) is 0 Å².